The van der Waals surface area contributed by atoms with E-state index in [1.54, 1.807) is 31.4 Å². The van der Waals surface area contributed by atoms with Crippen LogP contribution >= 0.6 is 0 Å². The van der Waals surface area contributed by atoms with E-state index >= 15 is 0 Å². The van der Waals surface area contributed by atoms with Crippen LogP contribution in [0.3, 0.4) is 0 Å². The van der Waals surface area contributed by atoms with E-state index in [1.165, 1.54) is 14.2 Å². The molecule has 1 unspecified atom stereocenters. The molecule has 0 heterocycles. The quantitative estimate of drug-likeness (QED) is 0.147. The molecule has 3 N–H and O–H groups in total. The Bertz CT molecular complexity index is 1350. The van der Waals surface area contributed by atoms with Crippen molar-refractivity contribution in [3.63, 3.8) is 0 Å². The number of carbonyl (C=O) groups is 2. The Morgan fingerprint density at radius 2 is 1.55 bits per heavy atom. The first kappa shape index (κ1) is 34.1. The van der Waals surface area contributed by atoms with Gasteiger partial charge in [-0.15, -0.1) is 0 Å². The summed E-state index contributed by atoms with van der Waals surface area (Å²) in [5.74, 6) is 0.692. The number of ether oxygens (including phenoxy) is 5. The predicted molar refractivity (Wildman–Crippen MR) is 168 cm³/mol. The molecule has 44 heavy (non-hydrogen) atoms. The lowest BCUT2D eigenvalue weighted by atomic mass is 9.99. The SMILES string of the molecule is CC/C(=C\c1ccc(OCOC)c(OCOC)c1)C(=O)NC(Cc1ccccc1)[C@H](O)C(=O)NCCc1ccc(OC)cc1. The average molecular weight is 607 g/mol. The summed E-state index contributed by atoms with van der Waals surface area (Å²) in [7, 11) is 4.64. The smallest absolute Gasteiger partial charge is 0.251 e. The number of nitrogens with one attached hydrogen (secondary N) is 2. The van der Waals surface area contributed by atoms with E-state index in [4.69, 9.17) is 23.7 Å². The summed E-state index contributed by atoms with van der Waals surface area (Å²) in [6.07, 6.45) is 1.50. The molecule has 3 rings (SSSR count). The number of amides is 2. The highest BCUT2D eigenvalue weighted by Crippen LogP contribution is 2.30. The molecule has 0 radical (unpaired) electrons. The summed E-state index contributed by atoms with van der Waals surface area (Å²) in [6.45, 7) is 2.24. The summed E-state index contributed by atoms with van der Waals surface area (Å²) in [6, 6.07) is 21.3. The first-order valence-electron chi connectivity index (χ1n) is 14.4. The van der Waals surface area contributed by atoms with Crippen molar-refractivity contribution in [2.75, 3.05) is 41.5 Å². The molecule has 10 heteroatoms. The highest BCUT2D eigenvalue weighted by atomic mass is 16.7. The van der Waals surface area contributed by atoms with E-state index < -0.39 is 24.0 Å². The number of benzene rings is 3. The molecule has 0 spiro atoms. The van der Waals surface area contributed by atoms with Gasteiger partial charge in [-0.2, -0.15) is 0 Å². The third-order valence-corrected chi connectivity index (χ3v) is 6.78. The van der Waals surface area contributed by atoms with Gasteiger partial charge in [0.1, 0.15) is 5.75 Å². The molecule has 0 aliphatic rings. The van der Waals surface area contributed by atoms with Crippen LogP contribution in [0.5, 0.6) is 17.2 Å². The Morgan fingerprint density at radius 3 is 2.18 bits per heavy atom. The van der Waals surface area contributed by atoms with E-state index in [1.807, 2.05) is 61.5 Å². The van der Waals surface area contributed by atoms with Crippen molar-refractivity contribution < 1.29 is 38.4 Å². The van der Waals surface area contributed by atoms with Crippen LogP contribution in [0, 0.1) is 0 Å². The van der Waals surface area contributed by atoms with Crippen LogP contribution in [-0.2, 0) is 31.9 Å². The summed E-state index contributed by atoms with van der Waals surface area (Å²) in [5.41, 5.74) is 3.04. The molecule has 0 bridgehead atoms. The van der Waals surface area contributed by atoms with Gasteiger partial charge in [-0.05, 0) is 66.3 Å². The van der Waals surface area contributed by atoms with E-state index in [0.29, 0.717) is 42.0 Å². The van der Waals surface area contributed by atoms with Gasteiger partial charge in [-0.3, -0.25) is 9.59 Å². The zero-order valence-electron chi connectivity index (χ0n) is 25.7. The number of hydrogen-bond donors (Lipinski definition) is 3. The summed E-state index contributed by atoms with van der Waals surface area (Å²) in [5, 5.41) is 16.8. The van der Waals surface area contributed by atoms with Crippen LogP contribution in [0.4, 0.5) is 0 Å². The largest absolute Gasteiger partial charge is 0.497 e. The molecule has 10 nitrogen and oxygen atoms in total. The summed E-state index contributed by atoms with van der Waals surface area (Å²) < 4.78 is 26.4. The second-order valence-corrected chi connectivity index (χ2v) is 9.93. The summed E-state index contributed by atoms with van der Waals surface area (Å²) in [4.78, 5) is 26.5. The summed E-state index contributed by atoms with van der Waals surface area (Å²) >= 11 is 0. The lowest BCUT2D eigenvalue weighted by molar-refractivity contribution is -0.131. The van der Waals surface area contributed by atoms with Crippen LogP contribution in [0.1, 0.15) is 30.0 Å². The molecule has 0 saturated carbocycles. The minimum atomic E-state index is -1.47. The standard InChI is InChI=1S/C34H42N2O8/c1-5-27(19-26-13-16-30(43-22-40-2)31(21-26)44-23-41-3)33(38)36-29(20-25-9-7-6-8-10-25)32(37)34(39)35-18-17-24-11-14-28(42-4)15-12-24/h6-16,19,21,29,32,37H,5,17-18,20,22-23H2,1-4H3,(H,35,39)(H,36,38)/b27-19+/t29?,32-/m0/s1. The van der Waals surface area contributed by atoms with Crippen LogP contribution in [0.15, 0.2) is 78.4 Å². The van der Waals surface area contributed by atoms with Gasteiger partial charge in [0, 0.05) is 26.3 Å². The molecule has 236 valence electrons. The molecule has 0 aliphatic carbocycles. The zero-order valence-corrected chi connectivity index (χ0v) is 25.7. The highest BCUT2D eigenvalue weighted by molar-refractivity contribution is 5.98. The van der Waals surface area contributed by atoms with Crippen LogP contribution in [0.2, 0.25) is 0 Å². The number of aliphatic hydroxyl groups is 1. The maximum atomic E-state index is 13.5. The number of methoxy groups -OCH3 is 3. The van der Waals surface area contributed by atoms with Gasteiger partial charge >= 0.3 is 0 Å². The average Bonchev–Trinajstić information content (AvgIpc) is 3.05. The first-order valence-corrected chi connectivity index (χ1v) is 14.4. The van der Waals surface area contributed by atoms with E-state index in [-0.39, 0.29) is 20.0 Å². The second kappa shape index (κ2) is 18.3. The predicted octanol–water partition coefficient (Wildman–Crippen LogP) is 3.90. The van der Waals surface area contributed by atoms with Gasteiger partial charge in [0.25, 0.3) is 5.91 Å². The topological polar surface area (TPSA) is 125 Å². The minimum absolute atomic E-state index is 0.0127. The van der Waals surface area contributed by atoms with Crippen molar-refractivity contribution in [2.24, 2.45) is 0 Å². The second-order valence-electron chi connectivity index (χ2n) is 9.93. The van der Waals surface area contributed by atoms with Crippen molar-refractivity contribution >= 4 is 17.9 Å². The van der Waals surface area contributed by atoms with Gasteiger partial charge in [0.15, 0.2) is 31.2 Å². The van der Waals surface area contributed by atoms with Crippen LogP contribution < -0.4 is 24.8 Å². The van der Waals surface area contributed by atoms with Gasteiger partial charge in [-0.1, -0.05) is 55.5 Å². The monoisotopic (exact) mass is 606 g/mol. The Kier molecular flexibility index (Phi) is 14.2. The third-order valence-electron chi connectivity index (χ3n) is 6.78. The van der Waals surface area contributed by atoms with Crippen molar-refractivity contribution in [3.05, 3.63) is 95.1 Å². The fraction of sp³-hybridized carbons (Fsp3) is 0.353. The number of aliphatic hydroxyl groups excluding tert-OH is 1. The number of hydrogen-bond acceptors (Lipinski definition) is 8. The fourth-order valence-corrected chi connectivity index (χ4v) is 4.40. The molecule has 2 atom stereocenters. The van der Waals surface area contributed by atoms with Gasteiger partial charge < -0.3 is 39.4 Å². The Hall–Kier alpha value is -4.38. The molecule has 0 aliphatic heterocycles. The van der Waals surface area contributed by atoms with Crippen LogP contribution in [-0.4, -0.2) is 70.5 Å². The van der Waals surface area contributed by atoms with Gasteiger partial charge in [0.2, 0.25) is 5.91 Å². The molecule has 0 saturated heterocycles. The maximum Gasteiger partial charge on any atom is 0.251 e. The molecule has 2 amide bonds. The minimum Gasteiger partial charge on any atom is -0.497 e. The van der Waals surface area contributed by atoms with Gasteiger partial charge in [-0.25, -0.2) is 0 Å². The number of carbonyl (C=O) groups excluding carboxylic acids is 2. The third kappa shape index (κ3) is 10.7. The van der Waals surface area contributed by atoms with Crippen molar-refractivity contribution in [2.45, 2.75) is 38.3 Å². The molecule has 0 fully saturated rings. The van der Waals surface area contributed by atoms with Crippen molar-refractivity contribution in [1.82, 2.24) is 10.6 Å². The van der Waals surface area contributed by atoms with Crippen LogP contribution in [0.25, 0.3) is 6.08 Å². The maximum absolute atomic E-state index is 13.5. The van der Waals surface area contributed by atoms with Crippen molar-refractivity contribution in [3.8, 4) is 17.2 Å². The van der Waals surface area contributed by atoms with E-state index in [0.717, 1.165) is 16.9 Å². The highest BCUT2D eigenvalue weighted by Gasteiger charge is 2.28. The van der Waals surface area contributed by atoms with E-state index in [2.05, 4.69) is 10.6 Å². The Labute approximate surface area is 258 Å². The lowest BCUT2D eigenvalue weighted by Gasteiger charge is -2.24. The van der Waals surface area contributed by atoms with Gasteiger partial charge in [0.05, 0.1) is 13.2 Å². The normalized spacial score (nSPS) is 12.6. The molecular formula is C34H42N2O8. The lowest BCUT2D eigenvalue weighted by Crippen LogP contribution is -2.52. The number of rotatable bonds is 18. The fourth-order valence-electron chi connectivity index (χ4n) is 4.40. The Balaban J connectivity index is 1.74. The molecule has 3 aromatic carbocycles. The zero-order chi connectivity index (χ0) is 31.7. The first-order chi connectivity index (χ1) is 21.4. The van der Waals surface area contributed by atoms with Crippen molar-refractivity contribution in [1.29, 1.82) is 0 Å². The molecule has 0 aromatic heterocycles. The molecular weight excluding hydrogens is 564 g/mol. The van der Waals surface area contributed by atoms with E-state index in [9.17, 15) is 14.7 Å². The Morgan fingerprint density at radius 1 is 0.864 bits per heavy atom. The molecule has 3 aromatic rings.